The van der Waals surface area contributed by atoms with Crippen LogP contribution < -0.4 is 10.3 Å². The van der Waals surface area contributed by atoms with Crippen molar-refractivity contribution >= 4 is 11.6 Å². The zero-order chi connectivity index (χ0) is 14.8. The predicted molar refractivity (Wildman–Crippen MR) is 83.1 cm³/mol. The Kier molecular flexibility index (Phi) is 3.97. The van der Waals surface area contributed by atoms with Gasteiger partial charge >= 0.3 is 0 Å². The van der Waals surface area contributed by atoms with Gasteiger partial charge in [-0.2, -0.15) is 0 Å². The molecule has 0 atom stereocenters. The average molecular weight is 305 g/mol. The van der Waals surface area contributed by atoms with Crippen LogP contribution in [-0.4, -0.2) is 17.1 Å². The maximum Gasteiger partial charge on any atom is 0.251 e. The van der Waals surface area contributed by atoms with Crippen LogP contribution in [0.25, 0.3) is 11.4 Å². The SMILES string of the molecule is COc1ccc(-c2nc(C3CCCC3)cc(=O)[nH]2)cc1Cl. The van der Waals surface area contributed by atoms with E-state index in [2.05, 4.69) is 9.97 Å². The number of benzene rings is 1. The van der Waals surface area contributed by atoms with Gasteiger partial charge in [0.15, 0.2) is 0 Å². The van der Waals surface area contributed by atoms with E-state index in [0.29, 0.717) is 22.5 Å². The van der Waals surface area contributed by atoms with Gasteiger partial charge in [0.05, 0.1) is 17.8 Å². The molecule has 0 unspecified atom stereocenters. The molecule has 0 bridgehead atoms. The molecule has 2 aromatic rings. The zero-order valence-corrected chi connectivity index (χ0v) is 12.6. The van der Waals surface area contributed by atoms with E-state index in [1.165, 1.54) is 12.8 Å². The summed E-state index contributed by atoms with van der Waals surface area (Å²) >= 11 is 6.14. The van der Waals surface area contributed by atoms with Crippen molar-refractivity contribution in [1.29, 1.82) is 0 Å². The van der Waals surface area contributed by atoms with E-state index in [9.17, 15) is 4.79 Å². The van der Waals surface area contributed by atoms with Gasteiger partial charge in [-0.1, -0.05) is 24.4 Å². The van der Waals surface area contributed by atoms with Crippen LogP contribution in [0.15, 0.2) is 29.1 Å². The van der Waals surface area contributed by atoms with Crippen molar-refractivity contribution < 1.29 is 4.74 Å². The van der Waals surface area contributed by atoms with Crippen molar-refractivity contribution in [2.24, 2.45) is 0 Å². The van der Waals surface area contributed by atoms with E-state index in [-0.39, 0.29) is 5.56 Å². The number of aromatic nitrogens is 2. The number of hydrogen-bond donors (Lipinski definition) is 1. The Labute approximate surface area is 128 Å². The minimum absolute atomic E-state index is 0.117. The highest BCUT2D eigenvalue weighted by Crippen LogP contribution is 2.33. The van der Waals surface area contributed by atoms with Crippen LogP contribution >= 0.6 is 11.6 Å². The quantitative estimate of drug-likeness (QED) is 0.939. The topological polar surface area (TPSA) is 55.0 Å². The molecular formula is C16H17ClN2O2. The van der Waals surface area contributed by atoms with Gasteiger partial charge in [-0.05, 0) is 31.0 Å². The van der Waals surface area contributed by atoms with E-state index in [4.69, 9.17) is 16.3 Å². The molecule has 1 heterocycles. The van der Waals surface area contributed by atoms with Crippen LogP contribution in [0.5, 0.6) is 5.75 Å². The Morgan fingerprint density at radius 1 is 1.29 bits per heavy atom. The van der Waals surface area contributed by atoms with E-state index < -0.39 is 0 Å². The lowest BCUT2D eigenvalue weighted by Crippen LogP contribution is -2.12. The second-order valence-corrected chi connectivity index (χ2v) is 5.76. The van der Waals surface area contributed by atoms with Gasteiger partial charge in [-0.15, -0.1) is 0 Å². The van der Waals surface area contributed by atoms with Crippen LogP contribution in [0.4, 0.5) is 0 Å². The Bertz CT molecular complexity index is 706. The third-order valence-corrected chi connectivity index (χ3v) is 4.26. The lowest BCUT2D eigenvalue weighted by atomic mass is 10.0. The standard InChI is InChI=1S/C16H17ClN2O2/c1-21-14-7-6-11(8-12(14)17)16-18-13(9-15(20)19-16)10-4-2-3-5-10/h6-10H,2-5H2,1H3,(H,18,19,20). The number of H-pyrrole nitrogens is 1. The molecule has 1 saturated carbocycles. The van der Waals surface area contributed by atoms with Gasteiger partial charge in [-0.25, -0.2) is 4.98 Å². The maximum atomic E-state index is 11.9. The summed E-state index contributed by atoms with van der Waals surface area (Å²) in [6.45, 7) is 0. The lowest BCUT2D eigenvalue weighted by molar-refractivity contribution is 0.415. The smallest absolute Gasteiger partial charge is 0.251 e. The van der Waals surface area contributed by atoms with Crippen LogP contribution in [-0.2, 0) is 0 Å². The molecule has 0 spiro atoms. The first-order chi connectivity index (χ1) is 10.2. The van der Waals surface area contributed by atoms with Crippen molar-refractivity contribution in [2.75, 3.05) is 7.11 Å². The van der Waals surface area contributed by atoms with Crippen molar-refractivity contribution in [3.8, 4) is 17.1 Å². The van der Waals surface area contributed by atoms with Crippen LogP contribution in [0, 0.1) is 0 Å². The molecule has 3 rings (SSSR count). The van der Waals surface area contributed by atoms with Crippen molar-refractivity contribution in [3.63, 3.8) is 0 Å². The summed E-state index contributed by atoms with van der Waals surface area (Å²) in [5.41, 5.74) is 1.56. The molecule has 0 amide bonds. The van der Waals surface area contributed by atoms with Crippen molar-refractivity contribution in [3.05, 3.63) is 45.3 Å². The highest BCUT2D eigenvalue weighted by molar-refractivity contribution is 6.32. The third-order valence-electron chi connectivity index (χ3n) is 3.96. The fourth-order valence-electron chi connectivity index (χ4n) is 2.86. The monoisotopic (exact) mass is 304 g/mol. The predicted octanol–water partition coefficient (Wildman–Crippen LogP) is 3.76. The largest absolute Gasteiger partial charge is 0.495 e. The molecule has 110 valence electrons. The number of ether oxygens (including phenoxy) is 1. The molecule has 1 aliphatic rings. The number of nitrogens with one attached hydrogen (secondary N) is 1. The number of nitrogens with zero attached hydrogens (tertiary/aromatic N) is 1. The van der Waals surface area contributed by atoms with E-state index >= 15 is 0 Å². The first-order valence-corrected chi connectivity index (χ1v) is 7.50. The Morgan fingerprint density at radius 2 is 2.05 bits per heavy atom. The first-order valence-electron chi connectivity index (χ1n) is 7.12. The molecule has 0 radical (unpaired) electrons. The highest BCUT2D eigenvalue weighted by Gasteiger charge is 2.19. The van der Waals surface area contributed by atoms with Gasteiger partial charge in [0.25, 0.3) is 5.56 Å². The van der Waals surface area contributed by atoms with E-state index in [1.807, 2.05) is 6.07 Å². The minimum atomic E-state index is -0.117. The molecule has 4 nitrogen and oxygen atoms in total. The van der Waals surface area contributed by atoms with Gasteiger partial charge in [0, 0.05) is 17.5 Å². The summed E-state index contributed by atoms with van der Waals surface area (Å²) in [7, 11) is 1.57. The Balaban J connectivity index is 2.01. The molecule has 21 heavy (non-hydrogen) atoms. The van der Waals surface area contributed by atoms with Crippen LogP contribution in [0.3, 0.4) is 0 Å². The van der Waals surface area contributed by atoms with Gasteiger partial charge in [-0.3, -0.25) is 4.79 Å². The second kappa shape index (κ2) is 5.90. The highest BCUT2D eigenvalue weighted by atomic mass is 35.5. The number of halogens is 1. The summed E-state index contributed by atoms with van der Waals surface area (Å²) in [5, 5.41) is 0.504. The summed E-state index contributed by atoms with van der Waals surface area (Å²) in [4.78, 5) is 19.3. The van der Waals surface area contributed by atoms with Crippen LogP contribution in [0.2, 0.25) is 5.02 Å². The second-order valence-electron chi connectivity index (χ2n) is 5.35. The third kappa shape index (κ3) is 2.95. The summed E-state index contributed by atoms with van der Waals surface area (Å²) in [6, 6.07) is 7.00. The molecule has 1 fully saturated rings. The molecule has 0 aliphatic heterocycles. The molecular weight excluding hydrogens is 288 g/mol. The molecule has 1 N–H and O–H groups in total. The number of aromatic amines is 1. The van der Waals surface area contributed by atoms with Gasteiger partial charge in [0.1, 0.15) is 11.6 Å². The van der Waals surface area contributed by atoms with Crippen molar-refractivity contribution in [2.45, 2.75) is 31.6 Å². The maximum absolute atomic E-state index is 11.9. The Morgan fingerprint density at radius 3 is 2.71 bits per heavy atom. The lowest BCUT2D eigenvalue weighted by Gasteiger charge is -2.10. The van der Waals surface area contributed by atoms with Crippen LogP contribution in [0.1, 0.15) is 37.3 Å². The summed E-state index contributed by atoms with van der Waals surface area (Å²) in [6.07, 6.45) is 4.64. The fourth-order valence-corrected chi connectivity index (χ4v) is 3.12. The van der Waals surface area contributed by atoms with Gasteiger partial charge < -0.3 is 9.72 Å². The number of rotatable bonds is 3. The number of hydrogen-bond acceptors (Lipinski definition) is 3. The van der Waals surface area contributed by atoms with Gasteiger partial charge in [0.2, 0.25) is 0 Å². The summed E-state index contributed by atoms with van der Waals surface area (Å²) in [5.74, 6) is 1.57. The van der Waals surface area contributed by atoms with E-state index in [1.54, 1.807) is 25.3 Å². The summed E-state index contributed by atoms with van der Waals surface area (Å²) < 4.78 is 5.14. The molecule has 1 aromatic carbocycles. The average Bonchev–Trinajstić information content (AvgIpc) is 3.01. The zero-order valence-electron chi connectivity index (χ0n) is 11.9. The first kappa shape index (κ1) is 14.1. The normalized spacial score (nSPS) is 15.3. The number of methoxy groups -OCH3 is 1. The molecule has 1 aromatic heterocycles. The molecule has 1 aliphatic carbocycles. The fraction of sp³-hybridized carbons (Fsp3) is 0.375. The Hall–Kier alpha value is -1.81. The molecule has 0 saturated heterocycles. The minimum Gasteiger partial charge on any atom is -0.495 e. The molecule has 5 heteroatoms. The van der Waals surface area contributed by atoms with Crippen molar-refractivity contribution in [1.82, 2.24) is 9.97 Å². The van der Waals surface area contributed by atoms with E-state index in [0.717, 1.165) is 24.1 Å².